The van der Waals surface area contributed by atoms with Crippen LogP contribution in [0.25, 0.3) is 0 Å². The molecular formula is C17H32N4. The Morgan fingerprint density at radius 1 is 0.905 bits per heavy atom. The van der Waals surface area contributed by atoms with Crippen LogP contribution in [0.15, 0.2) is 0 Å². The Labute approximate surface area is 130 Å². The van der Waals surface area contributed by atoms with Gasteiger partial charge in [-0.25, -0.2) is 9.97 Å². The van der Waals surface area contributed by atoms with Crippen LogP contribution in [-0.2, 0) is 12.8 Å². The van der Waals surface area contributed by atoms with Crippen molar-refractivity contribution in [1.82, 2.24) is 20.2 Å². The number of rotatable bonds is 10. The van der Waals surface area contributed by atoms with Crippen molar-refractivity contribution in [1.29, 1.82) is 0 Å². The topological polar surface area (TPSA) is 41.1 Å². The van der Waals surface area contributed by atoms with Crippen LogP contribution in [0.3, 0.4) is 0 Å². The van der Waals surface area contributed by atoms with Gasteiger partial charge in [0.1, 0.15) is 5.82 Å². The van der Waals surface area contributed by atoms with Gasteiger partial charge in [0.2, 0.25) is 0 Å². The molecule has 4 heteroatoms. The normalized spacial score (nSPS) is 11.3. The minimum absolute atomic E-state index is 0.942. The Bertz CT molecular complexity index is 390. The minimum atomic E-state index is 0.942. The highest BCUT2D eigenvalue weighted by molar-refractivity contribution is 5.24. The van der Waals surface area contributed by atoms with Gasteiger partial charge in [-0.05, 0) is 58.4 Å². The number of nitrogens with zero attached hydrogens (tertiary/aromatic N) is 3. The summed E-state index contributed by atoms with van der Waals surface area (Å²) < 4.78 is 0. The molecule has 0 radical (unpaired) electrons. The molecule has 0 spiro atoms. The first-order chi connectivity index (χ1) is 10.1. The van der Waals surface area contributed by atoms with Crippen molar-refractivity contribution >= 4 is 0 Å². The second kappa shape index (κ2) is 9.85. The van der Waals surface area contributed by atoms with Gasteiger partial charge in [-0.3, -0.25) is 0 Å². The predicted molar refractivity (Wildman–Crippen MR) is 89.9 cm³/mol. The van der Waals surface area contributed by atoms with Crippen LogP contribution in [-0.4, -0.2) is 47.6 Å². The van der Waals surface area contributed by atoms with E-state index in [0.29, 0.717) is 0 Å². The van der Waals surface area contributed by atoms with Crippen molar-refractivity contribution in [2.45, 2.75) is 53.9 Å². The Kier molecular flexibility index (Phi) is 8.47. The maximum absolute atomic E-state index is 4.71. The highest BCUT2D eigenvalue weighted by Gasteiger charge is 2.09. The molecule has 0 fully saturated rings. The second-order valence-electron chi connectivity index (χ2n) is 5.57. The van der Waals surface area contributed by atoms with E-state index >= 15 is 0 Å². The van der Waals surface area contributed by atoms with Crippen molar-refractivity contribution in [3.63, 3.8) is 0 Å². The summed E-state index contributed by atoms with van der Waals surface area (Å²) in [5, 5.41) is 3.45. The molecule has 1 aromatic heterocycles. The van der Waals surface area contributed by atoms with Gasteiger partial charge in [0, 0.05) is 24.4 Å². The Morgan fingerprint density at radius 2 is 1.52 bits per heavy atom. The van der Waals surface area contributed by atoms with Crippen LogP contribution in [0.2, 0.25) is 0 Å². The molecular weight excluding hydrogens is 260 g/mol. The lowest BCUT2D eigenvalue weighted by molar-refractivity contribution is 0.305. The Hall–Kier alpha value is -1.00. The molecule has 1 N–H and O–H groups in total. The van der Waals surface area contributed by atoms with Gasteiger partial charge in [-0.2, -0.15) is 0 Å². The van der Waals surface area contributed by atoms with Gasteiger partial charge in [0.15, 0.2) is 0 Å². The summed E-state index contributed by atoms with van der Waals surface area (Å²) in [5.41, 5.74) is 3.61. The van der Waals surface area contributed by atoms with Gasteiger partial charge in [0.05, 0.1) is 0 Å². The fourth-order valence-electron chi connectivity index (χ4n) is 2.60. The fourth-order valence-corrected chi connectivity index (χ4v) is 2.60. The average molecular weight is 292 g/mol. The lowest BCUT2D eigenvalue weighted by atomic mass is 10.1. The quantitative estimate of drug-likeness (QED) is 0.673. The van der Waals surface area contributed by atoms with Gasteiger partial charge >= 0.3 is 0 Å². The molecule has 0 aliphatic rings. The number of hydrogen-bond acceptors (Lipinski definition) is 4. The molecule has 0 saturated carbocycles. The second-order valence-corrected chi connectivity index (χ2v) is 5.57. The molecule has 0 amide bonds. The van der Waals surface area contributed by atoms with Gasteiger partial charge < -0.3 is 10.2 Å². The van der Waals surface area contributed by atoms with Crippen LogP contribution in [0, 0.1) is 13.8 Å². The maximum Gasteiger partial charge on any atom is 0.130 e. The Morgan fingerprint density at radius 3 is 2.05 bits per heavy atom. The molecule has 0 unspecified atom stereocenters. The zero-order valence-corrected chi connectivity index (χ0v) is 14.5. The molecule has 0 aromatic carbocycles. The summed E-state index contributed by atoms with van der Waals surface area (Å²) in [6.45, 7) is 16.2. The largest absolute Gasteiger partial charge is 0.316 e. The lowest BCUT2D eigenvalue weighted by Gasteiger charge is -2.18. The lowest BCUT2D eigenvalue weighted by Crippen LogP contribution is -2.26. The smallest absolute Gasteiger partial charge is 0.130 e. The van der Waals surface area contributed by atoms with Crippen LogP contribution >= 0.6 is 0 Å². The van der Waals surface area contributed by atoms with Crippen LogP contribution in [0.5, 0.6) is 0 Å². The summed E-state index contributed by atoms with van der Waals surface area (Å²) in [6, 6.07) is 0. The van der Waals surface area contributed by atoms with Gasteiger partial charge in [0.25, 0.3) is 0 Å². The molecule has 0 saturated heterocycles. The van der Waals surface area contributed by atoms with E-state index in [1.807, 2.05) is 0 Å². The van der Waals surface area contributed by atoms with Gasteiger partial charge in [-0.15, -0.1) is 0 Å². The molecule has 1 aromatic rings. The molecule has 0 bridgehead atoms. The fraction of sp³-hybridized carbons (Fsp3) is 0.765. The van der Waals surface area contributed by atoms with Crippen LogP contribution < -0.4 is 5.32 Å². The summed E-state index contributed by atoms with van der Waals surface area (Å²) in [5.74, 6) is 0.988. The third kappa shape index (κ3) is 6.10. The number of hydrogen-bond donors (Lipinski definition) is 1. The van der Waals surface area contributed by atoms with E-state index in [1.54, 1.807) is 0 Å². The van der Waals surface area contributed by atoms with Crippen molar-refractivity contribution in [2.24, 2.45) is 0 Å². The summed E-state index contributed by atoms with van der Waals surface area (Å²) in [4.78, 5) is 11.8. The molecule has 0 atom stereocenters. The highest BCUT2D eigenvalue weighted by atomic mass is 15.1. The Balaban J connectivity index is 2.61. The molecule has 4 nitrogen and oxygen atoms in total. The van der Waals surface area contributed by atoms with Gasteiger partial charge in [-0.1, -0.05) is 20.8 Å². The minimum Gasteiger partial charge on any atom is -0.316 e. The third-order valence-electron chi connectivity index (χ3n) is 3.99. The zero-order chi connectivity index (χ0) is 15.7. The third-order valence-corrected chi connectivity index (χ3v) is 3.99. The first kappa shape index (κ1) is 18.1. The van der Waals surface area contributed by atoms with Crippen molar-refractivity contribution in [3.8, 4) is 0 Å². The van der Waals surface area contributed by atoms with E-state index in [9.17, 15) is 0 Å². The standard InChI is InChI=1S/C17H32N4/c1-6-11-18-12-9-16-14(4)19-17(20-15(16)5)10-13-21(7-2)8-3/h18H,6-13H2,1-5H3. The summed E-state index contributed by atoms with van der Waals surface area (Å²) in [7, 11) is 0. The molecule has 0 aliphatic heterocycles. The number of aryl methyl sites for hydroxylation is 2. The highest BCUT2D eigenvalue weighted by Crippen LogP contribution is 2.11. The van der Waals surface area contributed by atoms with Crippen molar-refractivity contribution in [3.05, 3.63) is 22.8 Å². The molecule has 0 aliphatic carbocycles. The number of likely N-dealkylation sites (N-methyl/N-ethyl adjacent to an activating group) is 1. The van der Waals surface area contributed by atoms with Crippen LogP contribution in [0.1, 0.15) is 50.0 Å². The summed E-state index contributed by atoms with van der Waals surface area (Å²) >= 11 is 0. The van der Waals surface area contributed by atoms with E-state index < -0.39 is 0 Å². The van der Waals surface area contributed by atoms with E-state index in [2.05, 4.69) is 44.8 Å². The number of nitrogens with one attached hydrogen (secondary N) is 1. The predicted octanol–water partition coefficient (Wildman–Crippen LogP) is 2.52. The summed E-state index contributed by atoms with van der Waals surface area (Å²) in [6.07, 6.45) is 3.14. The van der Waals surface area contributed by atoms with E-state index in [-0.39, 0.29) is 0 Å². The van der Waals surface area contributed by atoms with Crippen LogP contribution in [0.4, 0.5) is 0 Å². The maximum atomic E-state index is 4.71. The first-order valence-electron chi connectivity index (χ1n) is 8.38. The van der Waals surface area contributed by atoms with Crippen molar-refractivity contribution in [2.75, 3.05) is 32.7 Å². The van der Waals surface area contributed by atoms with E-state index in [1.165, 1.54) is 12.0 Å². The molecule has 21 heavy (non-hydrogen) atoms. The SMILES string of the molecule is CCCNCCc1c(C)nc(CCN(CC)CC)nc1C. The zero-order valence-electron chi connectivity index (χ0n) is 14.5. The van der Waals surface area contributed by atoms with Crippen molar-refractivity contribution < 1.29 is 0 Å². The molecule has 1 rings (SSSR count). The monoisotopic (exact) mass is 292 g/mol. The number of aromatic nitrogens is 2. The molecule has 1 heterocycles. The van der Waals surface area contributed by atoms with E-state index in [0.717, 1.165) is 62.8 Å². The van der Waals surface area contributed by atoms with E-state index in [4.69, 9.17) is 9.97 Å². The first-order valence-corrected chi connectivity index (χ1v) is 8.38. The molecule has 120 valence electrons. The average Bonchev–Trinajstić information content (AvgIpc) is 2.47.